The minimum atomic E-state index is 0.668. The van der Waals surface area contributed by atoms with Crippen LogP contribution in [-0.4, -0.2) is 0 Å². The number of hydrogen-bond acceptors (Lipinski definition) is 0. The van der Waals surface area contributed by atoms with Gasteiger partial charge in [0.1, 0.15) is 0 Å². The third kappa shape index (κ3) is 4.25. The fourth-order valence-electron chi connectivity index (χ4n) is 4.66. The Kier molecular flexibility index (Phi) is 5.54. The molecule has 0 saturated heterocycles. The summed E-state index contributed by atoms with van der Waals surface area (Å²) in [6, 6.07) is 17.6. The summed E-state index contributed by atoms with van der Waals surface area (Å²) < 4.78 is 0. The lowest BCUT2D eigenvalue weighted by Crippen LogP contribution is -2.13. The minimum absolute atomic E-state index is 0.668. The van der Waals surface area contributed by atoms with E-state index in [4.69, 9.17) is 0 Å². The molecule has 0 heterocycles. The van der Waals surface area contributed by atoms with Crippen LogP contribution in [0, 0.1) is 5.92 Å². The van der Waals surface area contributed by atoms with Crippen LogP contribution in [0.25, 0.3) is 17.2 Å². The molecular weight excluding hydrogens is 372 g/mol. The predicted octanol–water partition coefficient (Wildman–Crippen LogP) is 8.13. The van der Waals surface area contributed by atoms with Crippen LogP contribution in [0.4, 0.5) is 0 Å². The summed E-state index contributed by atoms with van der Waals surface area (Å²) >= 11 is 0. The highest BCUT2D eigenvalue weighted by atomic mass is 14.3. The topological polar surface area (TPSA) is 0 Å². The van der Waals surface area contributed by atoms with E-state index in [1.165, 1.54) is 34.2 Å². The average molecular weight is 401 g/mol. The van der Waals surface area contributed by atoms with Gasteiger partial charge in [0.15, 0.2) is 0 Å². The summed E-state index contributed by atoms with van der Waals surface area (Å²) in [6.45, 7) is 4.47. The molecule has 0 saturated carbocycles. The summed E-state index contributed by atoms with van der Waals surface area (Å²) in [5.41, 5.74) is 10.4. The lowest BCUT2D eigenvalue weighted by atomic mass is 9.78. The molecular formula is C31H28. The van der Waals surface area contributed by atoms with E-state index in [9.17, 15) is 0 Å². The summed E-state index contributed by atoms with van der Waals surface area (Å²) in [4.78, 5) is 0. The van der Waals surface area contributed by atoms with Crippen molar-refractivity contribution in [2.75, 3.05) is 0 Å². The van der Waals surface area contributed by atoms with Gasteiger partial charge in [0.25, 0.3) is 0 Å². The Morgan fingerprint density at radius 3 is 2.48 bits per heavy atom. The first-order valence-corrected chi connectivity index (χ1v) is 11.2. The largest absolute Gasteiger partial charge is 0.0905 e. The predicted molar refractivity (Wildman–Crippen MR) is 134 cm³/mol. The van der Waals surface area contributed by atoms with Crippen molar-refractivity contribution >= 4 is 17.2 Å². The highest BCUT2D eigenvalue weighted by Gasteiger charge is 2.22. The summed E-state index contributed by atoms with van der Waals surface area (Å²) in [7, 11) is 0. The van der Waals surface area contributed by atoms with Crippen molar-refractivity contribution in [3.63, 3.8) is 0 Å². The van der Waals surface area contributed by atoms with Gasteiger partial charge in [-0.25, -0.2) is 0 Å². The molecule has 31 heavy (non-hydrogen) atoms. The van der Waals surface area contributed by atoms with Crippen LogP contribution in [0.1, 0.15) is 41.5 Å². The van der Waals surface area contributed by atoms with Crippen molar-refractivity contribution in [3.05, 3.63) is 137 Å². The van der Waals surface area contributed by atoms with E-state index in [0.717, 1.165) is 24.8 Å². The summed E-state index contributed by atoms with van der Waals surface area (Å²) in [5.74, 6) is 0.668. The quantitative estimate of drug-likeness (QED) is 0.454. The van der Waals surface area contributed by atoms with Gasteiger partial charge in [-0.2, -0.15) is 0 Å². The van der Waals surface area contributed by atoms with E-state index in [-0.39, 0.29) is 0 Å². The van der Waals surface area contributed by atoms with Crippen LogP contribution in [-0.2, 0) is 6.42 Å². The first-order valence-electron chi connectivity index (χ1n) is 11.2. The molecule has 0 spiro atoms. The molecule has 0 fully saturated rings. The molecule has 3 aliphatic rings. The van der Waals surface area contributed by atoms with Gasteiger partial charge in [-0.1, -0.05) is 121 Å². The minimum Gasteiger partial charge on any atom is -0.0905 e. The SMILES string of the molecule is C=C1/C(c2ccc(CC3=CC(C4=CC=CC4)C3)cc2)=C\C=C/C/C=C\c2ccccc21. The maximum Gasteiger partial charge on any atom is 0.00231 e. The van der Waals surface area contributed by atoms with Gasteiger partial charge in [-0.3, -0.25) is 0 Å². The molecule has 1 unspecified atom stereocenters. The molecule has 2 aromatic carbocycles. The zero-order valence-corrected chi connectivity index (χ0v) is 17.9. The van der Waals surface area contributed by atoms with E-state index in [1.807, 2.05) is 0 Å². The fraction of sp³-hybridized carbons (Fsp3) is 0.161. The van der Waals surface area contributed by atoms with Gasteiger partial charge >= 0.3 is 0 Å². The normalized spacial score (nSPS) is 23.7. The molecule has 0 aliphatic heterocycles. The Hall–Kier alpha value is -3.38. The summed E-state index contributed by atoms with van der Waals surface area (Å²) in [6.07, 6.45) is 24.5. The van der Waals surface area contributed by atoms with Crippen molar-refractivity contribution in [2.24, 2.45) is 5.92 Å². The molecule has 0 amide bonds. The Morgan fingerprint density at radius 1 is 0.871 bits per heavy atom. The van der Waals surface area contributed by atoms with Crippen molar-refractivity contribution in [1.82, 2.24) is 0 Å². The maximum atomic E-state index is 4.47. The molecule has 152 valence electrons. The van der Waals surface area contributed by atoms with Crippen molar-refractivity contribution < 1.29 is 0 Å². The average Bonchev–Trinajstić information content (AvgIpc) is 3.30. The number of allylic oxidation sites excluding steroid dienone is 12. The van der Waals surface area contributed by atoms with Crippen LogP contribution in [0.5, 0.6) is 0 Å². The second-order valence-electron chi connectivity index (χ2n) is 8.60. The number of benzene rings is 2. The lowest BCUT2D eigenvalue weighted by Gasteiger charge is -2.27. The molecule has 0 bridgehead atoms. The highest BCUT2D eigenvalue weighted by Crippen LogP contribution is 2.37. The highest BCUT2D eigenvalue weighted by molar-refractivity contribution is 6.05. The van der Waals surface area contributed by atoms with Crippen molar-refractivity contribution in [3.8, 4) is 0 Å². The van der Waals surface area contributed by atoms with Crippen LogP contribution < -0.4 is 0 Å². The third-order valence-corrected chi connectivity index (χ3v) is 6.47. The fourth-order valence-corrected chi connectivity index (χ4v) is 4.66. The Morgan fingerprint density at radius 2 is 1.68 bits per heavy atom. The number of rotatable bonds is 4. The second-order valence-corrected chi connectivity index (χ2v) is 8.60. The van der Waals surface area contributed by atoms with Gasteiger partial charge in [0, 0.05) is 5.92 Å². The Labute approximate surface area is 186 Å². The van der Waals surface area contributed by atoms with E-state index in [0.29, 0.717) is 5.92 Å². The van der Waals surface area contributed by atoms with Gasteiger partial charge < -0.3 is 0 Å². The lowest BCUT2D eigenvalue weighted by molar-refractivity contribution is 0.640. The van der Waals surface area contributed by atoms with Gasteiger partial charge in [0.2, 0.25) is 0 Å². The molecule has 3 aliphatic carbocycles. The zero-order chi connectivity index (χ0) is 21.0. The molecule has 0 radical (unpaired) electrons. The monoisotopic (exact) mass is 400 g/mol. The molecule has 1 atom stereocenters. The van der Waals surface area contributed by atoms with E-state index < -0.39 is 0 Å². The third-order valence-electron chi connectivity index (χ3n) is 6.47. The molecule has 0 nitrogen and oxygen atoms in total. The molecule has 0 N–H and O–H groups in total. The summed E-state index contributed by atoms with van der Waals surface area (Å²) in [5, 5.41) is 0. The maximum absolute atomic E-state index is 4.47. The van der Waals surface area contributed by atoms with E-state index in [2.05, 4.69) is 110 Å². The van der Waals surface area contributed by atoms with Crippen molar-refractivity contribution in [2.45, 2.75) is 25.7 Å². The zero-order valence-electron chi connectivity index (χ0n) is 17.9. The van der Waals surface area contributed by atoms with Crippen LogP contribution >= 0.6 is 0 Å². The van der Waals surface area contributed by atoms with Gasteiger partial charge in [-0.05, 0) is 59.1 Å². The van der Waals surface area contributed by atoms with Gasteiger partial charge in [-0.15, -0.1) is 0 Å². The number of hydrogen-bond donors (Lipinski definition) is 0. The van der Waals surface area contributed by atoms with Crippen LogP contribution in [0.3, 0.4) is 0 Å². The van der Waals surface area contributed by atoms with E-state index in [1.54, 1.807) is 11.1 Å². The number of fused-ring (bicyclic) bond motifs is 1. The molecule has 0 aromatic heterocycles. The smallest absolute Gasteiger partial charge is 0.00231 e. The van der Waals surface area contributed by atoms with Crippen molar-refractivity contribution in [1.29, 1.82) is 0 Å². The Bertz CT molecular complexity index is 1170. The molecule has 0 heteroatoms. The first-order chi connectivity index (χ1) is 15.3. The van der Waals surface area contributed by atoms with Gasteiger partial charge in [0.05, 0.1) is 0 Å². The second kappa shape index (κ2) is 8.78. The first kappa shape index (κ1) is 19.6. The van der Waals surface area contributed by atoms with E-state index >= 15 is 0 Å². The standard InChI is InChI=1S/C31H28/c1-23-30-15-9-8-13-27(30)12-4-2-3-5-14-31(23)28-18-16-24(17-19-28)20-25-21-29(22-25)26-10-6-7-11-26/h3-10,12-19,21,29H,1-2,11,20,22H2/b5-3-,12-4-,31-14+. The van der Waals surface area contributed by atoms with Crippen LogP contribution in [0.15, 0.2) is 115 Å². The van der Waals surface area contributed by atoms with Crippen LogP contribution in [0.2, 0.25) is 0 Å². The Balaban J connectivity index is 1.35. The molecule has 5 rings (SSSR count). The molecule has 2 aromatic rings.